The van der Waals surface area contributed by atoms with Crippen molar-refractivity contribution in [1.82, 2.24) is 10.3 Å². The maximum atomic E-state index is 12.8. The number of nitrogens with one attached hydrogen (secondary N) is 2. The van der Waals surface area contributed by atoms with Crippen LogP contribution in [0.5, 0.6) is 0 Å². The Morgan fingerprint density at radius 2 is 1.90 bits per heavy atom. The number of nitrogens with zero attached hydrogens (tertiary/aromatic N) is 2. The molecule has 0 unspecified atom stereocenters. The molecule has 1 aromatic heterocycles. The van der Waals surface area contributed by atoms with Gasteiger partial charge in [-0.15, -0.1) is 0 Å². The fourth-order valence-corrected chi connectivity index (χ4v) is 3.89. The van der Waals surface area contributed by atoms with Crippen LogP contribution in [0.15, 0.2) is 30.5 Å². The van der Waals surface area contributed by atoms with Crippen LogP contribution in [0.1, 0.15) is 34.3 Å². The number of rotatable bonds is 4. The van der Waals surface area contributed by atoms with Crippen molar-refractivity contribution < 1.29 is 22.8 Å². The van der Waals surface area contributed by atoms with Crippen LogP contribution in [0.2, 0.25) is 5.02 Å². The van der Waals surface area contributed by atoms with E-state index >= 15 is 0 Å². The van der Waals surface area contributed by atoms with Crippen molar-refractivity contribution in [2.75, 3.05) is 30.4 Å². The third kappa shape index (κ3) is 5.10. The van der Waals surface area contributed by atoms with Gasteiger partial charge in [0.1, 0.15) is 5.82 Å². The van der Waals surface area contributed by atoms with Crippen LogP contribution < -0.4 is 15.5 Å². The minimum Gasteiger partial charge on any atom is -0.355 e. The molecule has 3 rings (SSSR count). The van der Waals surface area contributed by atoms with Gasteiger partial charge in [-0.25, -0.2) is 4.98 Å². The highest BCUT2D eigenvalue weighted by Gasteiger charge is 2.33. The second-order valence-corrected chi connectivity index (χ2v) is 7.76. The second kappa shape index (κ2) is 9.13. The Morgan fingerprint density at radius 3 is 2.48 bits per heavy atom. The first kappa shape index (κ1) is 22.9. The molecule has 1 fully saturated rings. The maximum Gasteiger partial charge on any atom is 0.417 e. The highest BCUT2D eigenvalue weighted by molar-refractivity contribution is 6.33. The van der Waals surface area contributed by atoms with Gasteiger partial charge in [-0.1, -0.05) is 23.7 Å². The van der Waals surface area contributed by atoms with E-state index in [1.807, 2.05) is 0 Å². The van der Waals surface area contributed by atoms with Gasteiger partial charge in [0, 0.05) is 32.3 Å². The van der Waals surface area contributed by atoms with Crippen molar-refractivity contribution in [3.8, 4) is 0 Å². The van der Waals surface area contributed by atoms with Crippen LogP contribution in [-0.2, 0) is 11.0 Å². The van der Waals surface area contributed by atoms with E-state index < -0.39 is 11.7 Å². The summed E-state index contributed by atoms with van der Waals surface area (Å²) in [6.07, 6.45) is -2.79. The molecule has 1 aromatic carbocycles. The highest BCUT2D eigenvalue weighted by atomic mass is 35.5. The molecule has 2 amide bonds. The summed E-state index contributed by atoms with van der Waals surface area (Å²) < 4.78 is 38.4. The number of aromatic nitrogens is 1. The van der Waals surface area contributed by atoms with Gasteiger partial charge in [0.15, 0.2) is 0 Å². The molecule has 0 aliphatic carbocycles. The van der Waals surface area contributed by atoms with E-state index in [1.54, 1.807) is 30.0 Å². The molecule has 1 aliphatic heterocycles. The Hall–Kier alpha value is -2.81. The minimum atomic E-state index is -4.51. The number of carbonyl (C=O) groups is 2. The zero-order chi connectivity index (χ0) is 22.8. The molecule has 2 heterocycles. The first-order valence-corrected chi connectivity index (χ1v) is 10.1. The highest BCUT2D eigenvalue weighted by Crippen LogP contribution is 2.35. The summed E-state index contributed by atoms with van der Waals surface area (Å²) in [5, 5.41) is 5.34. The predicted octanol–water partition coefficient (Wildman–Crippen LogP) is 4.28. The average Bonchev–Trinajstić information content (AvgIpc) is 2.73. The number of piperidine rings is 1. The Morgan fingerprint density at radius 1 is 1.23 bits per heavy atom. The molecular weight excluding hydrogens is 433 g/mol. The van der Waals surface area contributed by atoms with Gasteiger partial charge in [-0.05, 0) is 37.5 Å². The molecule has 0 saturated carbocycles. The Labute approximate surface area is 182 Å². The third-order valence-electron chi connectivity index (χ3n) is 5.30. The Kier molecular flexibility index (Phi) is 6.74. The van der Waals surface area contributed by atoms with Gasteiger partial charge in [0.2, 0.25) is 5.91 Å². The van der Waals surface area contributed by atoms with E-state index in [2.05, 4.69) is 15.6 Å². The van der Waals surface area contributed by atoms with E-state index in [9.17, 15) is 22.8 Å². The molecule has 10 heteroatoms. The fraction of sp³-hybridized carbons (Fsp3) is 0.381. The lowest BCUT2D eigenvalue weighted by molar-refractivity contribution is -0.137. The first-order valence-electron chi connectivity index (χ1n) is 9.72. The number of benzene rings is 1. The molecule has 1 saturated heterocycles. The van der Waals surface area contributed by atoms with Crippen LogP contribution in [0.4, 0.5) is 24.7 Å². The summed E-state index contributed by atoms with van der Waals surface area (Å²) in [7, 11) is 1.52. The van der Waals surface area contributed by atoms with Crippen molar-refractivity contribution in [3.05, 3.63) is 52.2 Å². The maximum absolute atomic E-state index is 12.8. The summed E-state index contributed by atoms with van der Waals surface area (Å²) in [6, 6.07) is 6.09. The van der Waals surface area contributed by atoms with Crippen molar-refractivity contribution in [1.29, 1.82) is 0 Å². The molecule has 2 aromatic rings. The molecule has 166 valence electrons. The number of carbonyl (C=O) groups excluding carboxylic acids is 2. The van der Waals surface area contributed by atoms with E-state index in [0.717, 1.165) is 17.8 Å². The summed E-state index contributed by atoms with van der Waals surface area (Å²) in [4.78, 5) is 30.6. The minimum absolute atomic E-state index is 0.0762. The standard InChI is InChI=1S/C21H22ClF3N4O2/c1-12-4-3-5-16(17(12)20(31)26-2)28-19(30)13-6-8-29(9-7-13)18-15(22)10-14(11-27-18)21(23,24)25/h3-5,10-11,13H,6-9H2,1-2H3,(H,26,31)(H,28,30). The number of aryl methyl sites for hydroxylation is 1. The number of alkyl halides is 3. The molecule has 0 spiro atoms. The fourth-order valence-electron chi connectivity index (χ4n) is 3.61. The van der Waals surface area contributed by atoms with Gasteiger partial charge in [-0.3, -0.25) is 9.59 Å². The van der Waals surface area contributed by atoms with Crippen molar-refractivity contribution in [2.24, 2.45) is 5.92 Å². The lowest BCUT2D eigenvalue weighted by Gasteiger charge is -2.32. The van der Waals surface area contributed by atoms with Crippen LogP contribution in [-0.4, -0.2) is 36.9 Å². The van der Waals surface area contributed by atoms with E-state index in [0.29, 0.717) is 37.2 Å². The molecule has 1 aliphatic rings. The number of hydrogen-bond donors (Lipinski definition) is 2. The SMILES string of the molecule is CNC(=O)c1c(C)cccc1NC(=O)C1CCN(c2ncc(C(F)(F)F)cc2Cl)CC1. The number of amides is 2. The zero-order valence-corrected chi connectivity index (χ0v) is 17.8. The van der Waals surface area contributed by atoms with Gasteiger partial charge in [0.25, 0.3) is 5.91 Å². The van der Waals surface area contributed by atoms with Crippen LogP contribution in [0, 0.1) is 12.8 Å². The number of hydrogen-bond acceptors (Lipinski definition) is 4. The number of anilines is 2. The molecule has 2 N–H and O–H groups in total. The quantitative estimate of drug-likeness (QED) is 0.723. The van der Waals surface area contributed by atoms with E-state index in [-0.39, 0.29) is 28.6 Å². The lowest BCUT2D eigenvalue weighted by Crippen LogP contribution is -2.39. The molecular formula is C21H22ClF3N4O2. The van der Waals surface area contributed by atoms with Crippen molar-refractivity contribution in [3.63, 3.8) is 0 Å². The summed E-state index contributed by atoms with van der Waals surface area (Å²) >= 11 is 6.03. The topological polar surface area (TPSA) is 74.3 Å². The van der Waals surface area contributed by atoms with Crippen molar-refractivity contribution >= 4 is 34.9 Å². The monoisotopic (exact) mass is 454 g/mol. The van der Waals surface area contributed by atoms with E-state index in [4.69, 9.17) is 11.6 Å². The van der Waals surface area contributed by atoms with Crippen LogP contribution in [0.3, 0.4) is 0 Å². The predicted molar refractivity (Wildman–Crippen MR) is 112 cm³/mol. The molecule has 0 radical (unpaired) electrons. The van der Waals surface area contributed by atoms with Crippen LogP contribution in [0.25, 0.3) is 0 Å². The normalized spacial score (nSPS) is 15.0. The van der Waals surface area contributed by atoms with E-state index in [1.165, 1.54) is 7.05 Å². The van der Waals surface area contributed by atoms with Gasteiger partial charge >= 0.3 is 6.18 Å². The van der Waals surface area contributed by atoms with Gasteiger partial charge in [0.05, 0.1) is 21.8 Å². The van der Waals surface area contributed by atoms with Crippen LogP contribution >= 0.6 is 11.6 Å². The summed E-state index contributed by atoms with van der Waals surface area (Å²) in [5.41, 5.74) is 0.700. The first-order chi connectivity index (χ1) is 14.6. The second-order valence-electron chi connectivity index (χ2n) is 7.35. The molecule has 31 heavy (non-hydrogen) atoms. The number of pyridine rings is 1. The van der Waals surface area contributed by atoms with Gasteiger partial charge in [-0.2, -0.15) is 13.2 Å². The van der Waals surface area contributed by atoms with Crippen molar-refractivity contribution in [2.45, 2.75) is 25.9 Å². The Balaban J connectivity index is 1.66. The molecule has 0 atom stereocenters. The lowest BCUT2D eigenvalue weighted by atomic mass is 9.95. The molecule has 0 bridgehead atoms. The smallest absolute Gasteiger partial charge is 0.355 e. The average molecular weight is 455 g/mol. The number of halogens is 4. The summed E-state index contributed by atoms with van der Waals surface area (Å²) in [5.74, 6) is -0.523. The zero-order valence-electron chi connectivity index (χ0n) is 17.0. The summed E-state index contributed by atoms with van der Waals surface area (Å²) in [6.45, 7) is 2.64. The largest absolute Gasteiger partial charge is 0.417 e. The van der Waals surface area contributed by atoms with Gasteiger partial charge < -0.3 is 15.5 Å². The third-order valence-corrected chi connectivity index (χ3v) is 5.58. The Bertz CT molecular complexity index is 989. The molecule has 6 nitrogen and oxygen atoms in total.